The molecule has 0 bridgehead atoms. The summed E-state index contributed by atoms with van der Waals surface area (Å²) in [6.07, 6.45) is 4.84. The Balaban J connectivity index is 1.07. The third-order valence-corrected chi connectivity index (χ3v) is 8.11. The number of aromatic nitrogens is 2. The maximum absolute atomic E-state index is 15.2. The van der Waals surface area contributed by atoms with Gasteiger partial charge in [0.05, 0.1) is 24.2 Å². The van der Waals surface area contributed by atoms with Crippen LogP contribution in [0, 0.1) is 11.6 Å². The van der Waals surface area contributed by atoms with Crippen LogP contribution in [0.4, 0.5) is 25.1 Å². The van der Waals surface area contributed by atoms with Crippen LogP contribution < -0.4 is 25.3 Å². The average Bonchev–Trinajstić information content (AvgIpc) is 3.78. The maximum atomic E-state index is 15.2. The van der Waals surface area contributed by atoms with Gasteiger partial charge in [-0.1, -0.05) is 5.57 Å². The van der Waals surface area contributed by atoms with Crippen molar-refractivity contribution in [2.75, 3.05) is 42.6 Å². The number of fused-ring (bicyclic) bond motifs is 1. The lowest BCUT2D eigenvalue weighted by Gasteiger charge is -2.30. The van der Waals surface area contributed by atoms with Gasteiger partial charge in [-0.25, -0.2) is 23.4 Å². The lowest BCUT2D eigenvalue weighted by Crippen LogP contribution is -2.33. The number of halogens is 2. The number of carbonyl (C=O) groups excluding carboxylic acids is 2. The summed E-state index contributed by atoms with van der Waals surface area (Å²) in [5.41, 5.74) is 0.479. The monoisotopic (exact) mass is 623 g/mol. The Kier molecular flexibility index (Phi) is 8.12. The van der Waals surface area contributed by atoms with E-state index in [4.69, 9.17) is 9.47 Å². The molecule has 2 amide bonds. The number of hydrogen-bond donors (Lipinski definition) is 2. The number of carbonyl (C=O) groups is 3. The van der Waals surface area contributed by atoms with Gasteiger partial charge in [-0.15, -0.1) is 0 Å². The quantitative estimate of drug-likeness (QED) is 0.341. The smallest absolute Gasteiger partial charge is 0.414 e. The summed E-state index contributed by atoms with van der Waals surface area (Å²) in [6.45, 7) is 2.73. The maximum Gasteiger partial charge on any atom is 0.414 e. The normalized spacial score (nSPS) is 18.2. The molecule has 1 saturated carbocycles. The van der Waals surface area contributed by atoms with Gasteiger partial charge in [0.25, 0.3) is 0 Å². The van der Waals surface area contributed by atoms with Crippen molar-refractivity contribution in [2.24, 2.45) is 0 Å². The van der Waals surface area contributed by atoms with Gasteiger partial charge in [0.1, 0.15) is 23.9 Å². The minimum atomic E-state index is -1.36. The molecular formula is C31H31F2N5O7. The topological polar surface area (TPSA) is 143 Å². The molecule has 3 fully saturated rings. The molecule has 14 heteroatoms. The first-order valence-corrected chi connectivity index (χ1v) is 14.7. The molecule has 45 heavy (non-hydrogen) atoms. The van der Waals surface area contributed by atoms with Crippen molar-refractivity contribution in [3.63, 3.8) is 0 Å². The van der Waals surface area contributed by atoms with Crippen LogP contribution in [-0.4, -0.2) is 71.5 Å². The predicted molar refractivity (Wildman–Crippen MR) is 159 cm³/mol. The summed E-state index contributed by atoms with van der Waals surface area (Å²) < 4.78 is 42.6. The van der Waals surface area contributed by atoms with Crippen molar-refractivity contribution in [1.29, 1.82) is 0 Å². The van der Waals surface area contributed by atoms with Gasteiger partial charge >= 0.3 is 12.1 Å². The van der Waals surface area contributed by atoms with E-state index in [1.807, 2.05) is 6.08 Å². The molecule has 3 aliphatic rings. The third-order valence-electron chi connectivity index (χ3n) is 8.11. The van der Waals surface area contributed by atoms with Crippen LogP contribution in [0.5, 0.6) is 5.75 Å². The lowest BCUT2D eigenvalue weighted by atomic mass is 10.0. The molecule has 12 nitrogen and oxygen atoms in total. The highest BCUT2D eigenvalue weighted by Crippen LogP contribution is 2.37. The van der Waals surface area contributed by atoms with Gasteiger partial charge in [0.2, 0.25) is 11.3 Å². The minimum Gasteiger partial charge on any atom is -0.486 e. The highest BCUT2D eigenvalue weighted by atomic mass is 19.1. The van der Waals surface area contributed by atoms with E-state index in [2.05, 4.69) is 10.3 Å². The van der Waals surface area contributed by atoms with E-state index in [0.29, 0.717) is 31.6 Å². The molecule has 0 unspecified atom stereocenters. The van der Waals surface area contributed by atoms with Gasteiger partial charge in [-0.3, -0.25) is 14.5 Å². The van der Waals surface area contributed by atoms with Crippen LogP contribution in [-0.2, 0) is 9.53 Å². The Labute approximate surface area is 255 Å². The molecule has 1 atom stereocenters. The Morgan fingerprint density at radius 2 is 1.91 bits per heavy atom. The molecule has 0 spiro atoms. The van der Waals surface area contributed by atoms with Crippen molar-refractivity contribution in [3.05, 3.63) is 69.5 Å². The molecule has 6 rings (SSSR count). The van der Waals surface area contributed by atoms with Crippen molar-refractivity contribution < 1.29 is 37.7 Å². The molecule has 0 radical (unpaired) electrons. The van der Waals surface area contributed by atoms with E-state index in [9.17, 15) is 28.7 Å². The fraction of sp³-hybridized carbons (Fsp3) is 0.387. The fourth-order valence-corrected chi connectivity index (χ4v) is 5.57. The number of benzene rings is 1. The van der Waals surface area contributed by atoms with E-state index >= 15 is 4.39 Å². The lowest BCUT2D eigenvalue weighted by molar-refractivity contribution is -0.119. The van der Waals surface area contributed by atoms with E-state index in [-0.39, 0.29) is 54.2 Å². The number of piperidine rings is 1. The Morgan fingerprint density at radius 1 is 1.16 bits per heavy atom. The third kappa shape index (κ3) is 6.30. The summed E-state index contributed by atoms with van der Waals surface area (Å²) in [4.78, 5) is 55.2. The molecule has 2 N–H and O–H groups in total. The van der Waals surface area contributed by atoms with Gasteiger partial charge in [-0.05, 0) is 50.0 Å². The number of aromatic carboxylic acids is 1. The zero-order chi connectivity index (χ0) is 31.8. The van der Waals surface area contributed by atoms with Crippen LogP contribution in [0.3, 0.4) is 0 Å². The van der Waals surface area contributed by atoms with E-state index < -0.39 is 40.8 Å². The zero-order valence-corrected chi connectivity index (χ0v) is 24.4. The summed E-state index contributed by atoms with van der Waals surface area (Å²) >= 11 is 0. The number of amides is 2. The molecule has 2 aromatic heterocycles. The molecule has 1 aromatic carbocycles. The second kappa shape index (κ2) is 12.2. The highest BCUT2D eigenvalue weighted by molar-refractivity contribution is 5.92. The number of ether oxygens (including phenoxy) is 2. The molecule has 236 valence electrons. The molecule has 4 heterocycles. The Bertz CT molecular complexity index is 1780. The second-order valence-corrected chi connectivity index (χ2v) is 11.3. The molecule has 2 saturated heterocycles. The number of carboxylic acids is 1. The molecular weight excluding hydrogens is 592 g/mol. The largest absolute Gasteiger partial charge is 0.486 e. The number of hydrogen-bond acceptors (Lipinski definition) is 8. The molecule has 1 aliphatic carbocycles. The molecule has 3 aromatic rings. The SMILES string of the molecule is CC(=O)NC[C@H]1CN(c2ccc(OCC=C3CCN(c4nc5c(cc4F)c(=O)c(C(=O)O)cn5C4CC4)CC3)c(F)c2)C(=O)O1. The van der Waals surface area contributed by atoms with Crippen LogP contribution in [0.15, 0.2) is 46.9 Å². The summed E-state index contributed by atoms with van der Waals surface area (Å²) in [5, 5.41) is 12.0. The van der Waals surface area contributed by atoms with Gasteiger partial charge < -0.3 is 29.4 Å². The van der Waals surface area contributed by atoms with Crippen molar-refractivity contribution in [3.8, 4) is 5.75 Å². The van der Waals surface area contributed by atoms with Crippen LogP contribution >= 0.6 is 0 Å². The van der Waals surface area contributed by atoms with Crippen molar-refractivity contribution in [1.82, 2.24) is 14.9 Å². The number of nitrogens with one attached hydrogen (secondary N) is 1. The standard InChI is InChI=1S/C31H31F2N5O7/c1-17(39)34-14-21-15-38(31(43)45-21)20-4-5-26(24(32)12-20)44-11-8-18-6-9-36(10-7-18)29-25(33)13-22-27(40)23(30(41)42)16-37(19-2-3-19)28(22)35-29/h4-5,8,12-13,16,19,21H,2-3,6-7,9-11,14-15H2,1H3,(H,34,39)(H,41,42)/t21-/m0/s1. The second-order valence-electron chi connectivity index (χ2n) is 11.3. The van der Waals surface area contributed by atoms with Gasteiger partial charge in [-0.2, -0.15) is 0 Å². The zero-order valence-electron chi connectivity index (χ0n) is 24.4. The van der Waals surface area contributed by atoms with Crippen molar-refractivity contribution >= 4 is 40.5 Å². The first-order valence-electron chi connectivity index (χ1n) is 14.7. The number of cyclic esters (lactones) is 1. The van der Waals surface area contributed by atoms with Gasteiger partial charge in [0, 0.05) is 38.3 Å². The Hall–Kier alpha value is -5.01. The van der Waals surface area contributed by atoms with E-state index in [1.54, 1.807) is 15.5 Å². The minimum absolute atomic E-state index is 0.0191. The summed E-state index contributed by atoms with van der Waals surface area (Å²) in [7, 11) is 0. The first kappa shape index (κ1) is 30.0. The van der Waals surface area contributed by atoms with Crippen molar-refractivity contribution in [2.45, 2.75) is 44.8 Å². The number of anilines is 2. The van der Waals surface area contributed by atoms with E-state index in [0.717, 1.165) is 24.5 Å². The number of pyridine rings is 2. The summed E-state index contributed by atoms with van der Waals surface area (Å²) in [5.74, 6) is -2.80. The Morgan fingerprint density at radius 3 is 2.58 bits per heavy atom. The summed E-state index contributed by atoms with van der Waals surface area (Å²) in [6, 6.07) is 5.30. The number of nitrogens with zero attached hydrogens (tertiary/aromatic N) is 4. The van der Waals surface area contributed by atoms with E-state index in [1.165, 1.54) is 30.2 Å². The fourth-order valence-electron chi connectivity index (χ4n) is 5.57. The highest BCUT2D eigenvalue weighted by Gasteiger charge is 2.33. The average molecular weight is 624 g/mol. The number of carboxylic acid groups (broad SMARTS) is 1. The van der Waals surface area contributed by atoms with Crippen LogP contribution in [0.1, 0.15) is 49.0 Å². The first-order chi connectivity index (χ1) is 21.6. The van der Waals surface area contributed by atoms with Gasteiger partial charge in [0.15, 0.2) is 23.2 Å². The molecule has 2 aliphatic heterocycles. The van der Waals surface area contributed by atoms with Crippen LogP contribution in [0.2, 0.25) is 0 Å². The predicted octanol–water partition coefficient (Wildman–Crippen LogP) is 3.77. The van der Waals surface area contributed by atoms with Crippen LogP contribution in [0.25, 0.3) is 11.0 Å². The number of rotatable bonds is 9.